The van der Waals surface area contributed by atoms with Crippen molar-refractivity contribution >= 4 is 22.0 Å². The molecule has 0 aromatic carbocycles. The molecule has 0 aliphatic carbocycles. The van der Waals surface area contributed by atoms with E-state index in [2.05, 4.69) is 9.47 Å². The third-order valence-corrected chi connectivity index (χ3v) is 3.64. The number of carbonyl (C=O) groups is 2. The van der Waals surface area contributed by atoms with Gasteiger partial charge < -0.3 is 14.6 Å². The molecule has 2 atom stereocenters. The van der Waals surface area contributed by atoms with Gasteiger partial charge >= 0.3 is 11.9 Å². The average Bonchev–Trinajstić information content (AvgIpc) is 2.32. The first-order chi connectivity index (χ1) is 7.76. The largest absolute Gasteiger partial charge is 0.468 e. The summed E-state index contributed by atoms with van der Waals surface area (Å²) in [4.78, 5) is 21.8. The molecule has 0 bridgehead atoms. The van der Waals surface area contributed by atoms with E-state index < -0.39 is 39.9 Å². The molecular weight excluding hydrogens is 254 g/mol. The fourth-order valence-corrected chi connectivity index (χ4v) is 1.82. The molecule has 2 N–H and O–H groups in total. The van der Waals surface area contributed by atoms with Gasteiger partial charge in [0, 0.05) is 6.54 Å². The van der Waals surface area contributed by atoms with E-state index in [1.54, 1.807) is 0 Å². The van der Waals surface area contributed by atoms with Gasteiger partial charge in [-0.3, -0.25) is 4.79 Å². The standard InChI is InChI=1S/C8H15NO7S/c1-5(7(11)15-2)17(13,14)9-4-6(10)8(12)16-3/h5-6,9-10H,4H2,1-3H3. The smallest absolute Gasteiger partial charge is 0.336 e. The molecule has 2 unspecified atom stereocenters. The highest BCUT2D eigenvalue weighted by Crippen LogP contribution is 2.00. The van der Waals surface area contributed by atoms with Crippen molar-refractivity contribution in [2.24, 2.45) is 0 Å². The Morgan fingerprint density at radius 3 is 2.12 bits per heavy atom. The predicted molar refractivity (Wildman–Crippen MR) is 56.4 cm³/mol. The molecule has 0 aromatic rings. The highest BCUT2D eigenvalue weighted by molar-refractivity contribution is 7.90. The van der Waals surface area contributed by atoms with Crippen LogP contribution >= 0.6 is 0 Å². The summed E-state index contributed by atoms with van der Waals surface area (Å²) in [6.07, 6.45) is -1.63. The fourth-order valence-electron chi connectivity index (χ4n) is 0.832. The molecule has 0 fully saturated rings. The molecule has 0 aromatic heterocycles. The molecule has 0 saturated heterocycles. The second-order valence-electron chi connectivity index (χ2n) is 3.10. The number of hydrogen-bond donors (Lipinski definition) is 2. The van der Waals surface area contributed by atoms with Crippen LogP contribution in [-0.4, -0.2) is 57.6 Å². The summed E-state index contributed by atoms with van der Waals surface area (Å²) in [7, 11) is -1.89. The van der Waals surface area contributed by atoms with Crippen molar-refractivity contribution < 1.29 is 32.6 Å². The zero-order chi connectivity index (χ0) is 13.6. The minimum absolute atomic E-state index is 0.573. The molecule has 9 heteroatoms. The van der Waals surface area contributed by atoms with Gasteiger partial charge in [-0.15, -0.1) is 0 Å². The van der Waals surface area contributed by atoms with Gasteiger partial charge in [-0.1, -0.05) is 0 Å². The van der Waals surface area contributed by atoms with Crippen LogP contribution in [0.3, 0.4) is 0 Å². The summed E-state index contributed by atoms with van der Waals surface area (Å²) < 4.78 is 33.3. The van der Waals surface area contributed by atoms with Gasteiger partial charge in [-0.2, -0.15) is 0 Å². The Bertz CT molecular complexity index is 377. The number of nitrogens with one attached hydrogen (secondary N) is 1. The van der Waals surface area contributed by atoms with Gasteiger partial charge in [-0.05, 0) is 6.92 Å². The number of ether oxygens (including phenoxy) is 2. The summed E-state index contributed by atoms with van der Waals surface area (Å²) >= 11 is 0. The Labute approximate surface area is 98.9 Å². The maximum Gasteiger partial charge on any atom is 0.336 e. The third-order valence-electron chi connectivity index (χ3n) is 1.95. The quantitative estimate of drug-likeness (QED) is 0.535. The lowest BCUT2D eigenvalue weighted by Crippen LogP contribution is -2.43. The Kier molecular flexibility index (Phi) is 6.07. The summed E-state index contributed by atoms with van der Waals surface area (Å²) in [6.45, 7) is 0.551. The van der Waals surface area contributed by atoms with Crippen LogP contribution in [-0.2, 0) is 29.1 Å². The van der Waals surface area contributed by atoms with Gasteiger partial charge in [0.25, 0.3) is 0 Å². The second-order valence-corrected chi connectivity index (χ2v) is 5.18. The van der Waals surface area contributed by atoms with Crippen LogP contribution in [0.2, 0.25) is 0 Å². The van der Waals surface area contributed by atoms with Crippen LogP contribution in [0.4, 0.5) is 0 Å². The number of esters is 2. The molecule has 8 nitrogen and oxygen atoms in total. The number of methoxy groups -OCH3 is 2. The van der Waals surface area contributed by atoms with E-state index in [-0.39, 0.29) is 0 Å². The Balaban J connectivity index is 4.47. The van der Waals surface area contributed by atoms with Crippen molar-refractivity contribution in [2.75, 3.05) is 20.8 Å². The molecule has 0 rings (SSSR count). The number of hydrogen-bond acceptors (Lipinski definition) is 7. The van der Waals surface area contributed by atoms with Gasteiger partial charge in [-0.25, -0.2) is 17.9 Å². The van der Waals surface area contributed by atoms with Crippen molar-refractivity contribution in [1.82, 2.24) is 4.72 Å². The molecule has 0 amide bonds. The molecule has 17 heavy (non-hydrogen) atoms. The Hall–Kier alpha value is -1.19. The summed E-state index contributed by atoms with van der Waals surface area (Å²) in [5, 5.41) is 7.71. The number of sulfonamides is 1. The molecular formula is C8H15NO7S. The van der Waals surface area contributed by atoms with Crippen LogP contribution in [0, 0.1) is 0 Å². The van der Waals surface area contributed by atoms with E-state index in [9.17, 15) is 18.0 Å². The monoisotopic (exact) mass is 269 g/mol. The van der Waals surface area contributed by atoms with Crippen molar-refractivity contribution in [2.45, 2.75) is 18.3 Å². The first kappa shape index (κ1) is 15.8. The third kappa shape index (κ3) is 4.67. The molecule has 0 spiro atoms. The van der Waals surface area contributed by atoms with Crippen LogP contribution in [0.1, 0.15) is 6.92 Å². The van der Waals surface area contributed by atoms with Crippen LogP contribution < -0.4 is 4.72 Å². The van der Waals surface area contributed by atoms with Crippen molar-refractivity contribution in [1.29, 1.82) is 0 Å². The second kappa shape index (κ2) is 6.52. The lowest BCUT2D eigenvalue weighted by molar-refractivity contribution is -0.149. The summed E-state index contributed by atoms with van der Waals surface area (Å²) in [6, 6.07) is 0. The molecule has 100 valence electrons. The maximum atomic E-state index is 11.5. The number of aliphatic hydroxyl groups is 1. The van der Waals surface area contributed by atoms with Crippen molar-refractivity contribution in [3.05, 3.63) is 0 Å². The zero-order valence-electron chi connectivity index (χ0n) is 9.67. The van der Waals surface area contributed by atoms with E-state index >= 15 is 0 Å². The normalized spacial score (nSPS) is 14.8. The van der Waals surface area contributed by atoms with Gasteiger partial charge in [0.15, 0.2) is 11.4 Å². The van der Waals surface area contributed by atoms with Crippen molar-refractivity contribution in [3.63, 3.8) is 0 Å². The topological polar surface area (TPSA) is 119 Å². The molecule has 0 aliphatic rings. The van der Waals surface area contributed by atoms with Gasteiger partial charge in [0.1, 0.15) is 0 Å². The molecule has 0 aliphatic heterocycles. The Morgan fingerprint density at radius 2 is 1.71 bits per heavy atom. The van der Waals surface area contributed by atoms with E-state index in [0.717, 1.165) is 21.1 Å². The fraction of sp³-hybridized carbons (Fsp3) is 0.750. The lowest BCUT2D eigenvalue weighted by Gasteiger charge is -2.13. The van der Waals surface area contributed by atoms with E-state index in [1.807, 2.05) is 4.72 Å². The highest BCUT2D eigenvalue weighted by atomic mass is 32.2. The highest BCUT2D eigenvalue weighted by Gasteiger charge is 2.30. The van der Waals surface area contributed by atoms with E-state index in [1.165, 1.54) is 0 Å². The average molecular weight is 269 g/mol. The lowest BCUT2D eigenvalue weighted by atomic mass is 10.4. The van der Waals surface area contributed by atoms with Gasteiger partial charge in [0.05, 0.1) is 14.2 Å². The SMILES string of the molecule is COC(=O)C(O)CNS(=O)(=O)C(C)C(=O)OC. The van der Waals surface area contributed by atoms with Crippen LogP contribution in [0.5, 0.6) is 0 Å². The summed E-state index contributed by atoms with van der Waals surface area (Å²) in [5.74, 6) is -1.91. The number of rotatable bonds is 6. The maximum absolute atomic E-state index is 11.5. The van der Waals surface area contributed by atoms with Crippen molar-refractivity contribution in [3.8, 4) is 0 Å². The van der Waals surface area contributed by atoms with Crippen LogP contribution in [0.25, 0.3) is 0 Å². The molecule has 0 heterocycles. The Morgan fingerprint density at radius 1 is 1.24 bits per heavy atom. The minimum Gasteiger partial charge on any atom is -0.468 e. The van der Waals surface area contributed by atoms with Crippen LogP contribution in [0.15, 0.2) is 0 Å². The number of aliphatic hydroxyl groups excluding tert-OH is 1. The first-order valence-electron chi connectivity index (χ1n) is 4.58. The van der Waals surface area contributed by atoms with E-state index in [4.69, 9.17) is 5.11 Å². The zero-order valence-corrected chi connectivity index (χ0v) is 10.5. The first-order valence-corrected chi connectivity index (χ1v) is 6.13. The summed E-state index contributed by atoms with van der Waals surface area (Å²) in [5.41, 5.74) is 0. The predicted octanol–water partition coefficient (Wildman–Crippen LogP) is -2.00. The molecule has 0 radical (unpaired) electrons. The molecule has 0 saturated carbocycles. The van der Waals surface area contributed by atoms with Gasteiger partial charge in [0.2, 0.25) is 10.0 Å². The number of carbonyl (C=O) groups excluding carboxylic acids is 2. The van der Waals surface area contributed by atoms with E-state index in [0.29, 0.717) is 0 Å². The minimum atomic E-state index is -4.00.